The fourth-order valence-corrected chi connectivity index (χ4v) is 2.86. The summed E-state index contributed by atoms with van der Waals surface area (Å²) in [5.74, 6) is 0.789. The van der Waals surface area contributed by atoms with Gasteiger partial charge in [-0.25, -0.2) is 4.72 Å². The Bertz CT molecular complexity index is 735. The van der Waals surface area contributed by atoms with Crippen LogP contribution in [0.5, 0.6) is 5.75 Å². The molecule has 0 aliphatic rings. The minimum Gasteiger partial charge on any atom is -0.497 e. The van der Waals surface area contributed by atoms with Crippen LogP contribution in [0.1, 0.15) is 11.3 Å². The number of nitrogens with one attached hydrogen (secondary N) is 2. The molecule has 2 N–H and O–H groups in total. The highest BCUT2D eigenvalue weighted by molar-refractivity contribution is 7.87. The summed E-state index contributed by atoms with van der Waals surface area (Å²) in [7, 11) is 1.26. The Kier molecular flexibility index (Phi) is 4.55. The molecule has 0 saturated heterocycles. The Hall–Kier alpha value is -1.57. The quantitative estimate of drug-likeness (QED) is 0.847. The molecule has 116 valence electrons. The number of benzene rings is 1. The number of aromatic nitrogens is 1. The first kappa shape index (κ1) is 15.8. The van der Waals surface area contributed by atoms with Crippen molar-refractivity contribution in [2.24, 2.45) is 0 Å². The number of aryl methyl sites for hydroxylation is 1. The molecule has 0 bridgehead atoms. The highest BCUT2D eigenvalue weighted by Crippen LogP contribution is 2.26. The predicted molar refractivity (Wildman–Crippen MR) is 83.9 cm³/mol. The molecule has 0 amide bonds. The Morgan fingerprint density at radius 3 is 2.67 bits per heavy atom. The van der Waals surface area contributed by atoms with Crippen molar-refractivity contribution in [3.8, 4) is 5.75 Å². The zero-order valence-corrected chi connectivity index (χ0v) is 13.5. The van der Waals surface area contributed by atoms with Gasteiger partial charge in [0.2, 0.25) is 0 Å². The van der Waals surface area contributed by atoms with E-state index in [1.54, 1.807) is 7.11 Å². The molecule has 2 rings (SSSR count). The van der Waals surface area contributed by atoms with Crippen LogP contribution >= 0.6 is 0 Å². The van der Waals surface area contributed by atoms with E-state index in [2.05, 4.69) is 9.71 Å². The Labute approximate surface area is 125 Å². The van der Waals surface area contributed by atoms with Gasteiger partial charge in [-0.1, -0.05) is 0 Å². The molecule has 2 aromatic rings. The molecule has 0 fully saturated rings. The standard InChI is InChI=1S/C14H21N3O3S/c1-10-12(7-8-15-21(18,19)17(2)3)13-9-11(20-4)5-6-14(13)16-10/h5-6,9,15-16H,7-8H2,1-4H3. The predicted octanol–water partition coefficient (Wildman–Crippen LogP) is 1.42. The van der Waals surface area contributed by atoms with E-state index < -0.39 is 10.2 Å². The van der Waals surface area contributed by atoms with E-state index >= 15 is 0 Å². The second-order valence-electron chi connectivity index (χ2n) is 5.07. The summed E-state index contributed by atoms with van der Waals surface area (Å²) in [6.45, 7) is 2.34. The monoisotopic (exact) mass is 311 g/mol. The van der Waals surface area contributed by atoms with Gasteiger partial charge in [0.1, 0.15) is 5.75 Å². The van der Waals surface area contributed by atoms with Gasteiger partial charge in [0.25, 0.3) is 10.2 Å². The van der Waals surface area contributed by atoms with Gasteiger partial charge in [-0.3, -0.25) is 0 Å². The maximum Gasteiger partial charge on any atom is 0.278 e. The first-order valence-electron chi connectivity index (χ1n) is 6.67. The highest BCUT2D eigenvalue weighted by Gasteiger charge is 2.14. The van der Waals surface area contributed by atoms with Crippen LogP contribution in [0, 0.1) is 6.92 Å². The van der Waals surface area contributed by atoms with Crippen molar-refractivity contribution in [3.05, 3.63) is 29.5 Å². The number of nitrogens with zero attached hydrogens (tertiary/aromatic N) is 1. The largest absolute Gasteiger partial charge is 0.497 e. The summed E-state index contributed by atoms with van der Waals surface area (Å²) < 4.78 is 32.4. The smallest absolute Gasteiger partial charge is 0.278 e. The molecule has 1 aromatic carbocycles. The second-order valence-corrected chi connectivity index (χ2v) is 7.04. The summed E-state index contributed by atoms with van der Waals surface area (Å²) in [4.78, 5) is 3.31. The average molecular weight is 311 g/mol. The summed E-state index contributed by atoms with van der Waals surface area (Å²) in [5.41, 5.74) is 3.17. The molecule has 1 heterocycles. The maximum absolute atomic E-state index is 11.7. The minimum atomic E-state index is -3.38. The van der Waals surface area contributed by atoms with Crippen LogP contribution in [-0.2, 0) is 16.6 Å². The van der Waals surface area contributed by atoms with E-state index in [1.807, 2.05) is 25.1 Å². The Balaban J connectivity index is 2.20. The molecule has 0 saturated carbocycles. The second kappa shape index (κ2) is 6.05. The molecule has 0 aliphatic carbocycles. The van der Waals surface area contributed by atoms with E-state index in [-0.39, 0.29) is 0 Å². The number of H-pyrrole nitrogens is 1. The van der Waals surface area contributed by atoms with Gasteiger partial charge >= 0.3 is 0 Å². The van der Waals surface area contributed by atoms with E-state index in [0.717, 1.165) is 32.2 Å². The molecule has 0 spiro atoms. The van der Waals surface area contributed by atoms with Gasteiger partial charge in [-0.2, -0.15) is 12.7 Å². The number of hydrogen-bond acceptors (Lipinski definition) is 3. The summed E-state index contributed by atoms with van der Waals surface area (Å²) in [6.07, 6.45) is 0.617. The highest BCUT2D eigenvalue weighted by atomic mass is 32.2. The third-order valence-corrected chi connectivity index (χ3v) is 5.00. The Morgan fingerprint density at radius 2 is 2.05 bits per heavy atom. The summed E-state index contributed by atoms with van der Waals surface area (Å²) in [6, 6.07) is 5.83. The SMILES string of the molecule is COc1ccc2[nH]c(C)c(CCNS(=O)(=O)N(C)C)c2c1. The van der Waals surface area contributed by atoms with Crippen LogP contribution in [0.3, 0.4) is 0 Å². The van der Waals surface area contributed by atoms with Gasteiger partial charge in [0.15, 0.2) is 0 Å². The third-order valence-electron chi connectivity index (χ3n) is 3.47. The van der Waals surface area contributed by atoms with Gasteiger partial charge in [-0.15, -0.1) is 0 Å². The molecule has 0 unspecified atom stereocenters. The summed E-state index contributed by atoms with van der Waals surface area (Å²) in [5, 5.41) is 1.07. The molecule has 21 heavy (non-hydrogen) atoms. The normalized spacial score (nSPS) is 12.2. The first-order chi connectivity index (χ1) is 9.85. The van der Waals surface area contributed by atoms with Crippen LogP contribution in [0.2, 0.25) is 0 Å². The average Bonchev–Trinajstić information content (AvgIpc) is 2.74. The third kappa shape index (κ3) is 3.37. The number of rotatable bonds is 6. The zero-order valence-electron chi connectivity index (χ0n) is 12.7. The van der Waals surface area contributed by atoms with Gasteiger partial charge in [0, 0.05) is 37.2 Å². The number of methoxy groups -OCH3 is 1. The van der Waals surface area contributed by atoms with Crippen molar-refractivity contribution in [1.29, 1.82) is 0 Å². The lowest BCUT2D eigenvalue weighted by atomic mass is 10.1. The molecular weight excluding hydrogens is 290 g/mol. The van der Waals surface area contributed by atoms with Crippen LogP contribution < -0.4 is 9.46 Å². The number of hydrogen-bond donors (Lipinski definition) is 2. The number of ether oxygens (including phenoxy) is 1. The molecule has 0 atom stereocenters. The topological polar surface area (TPSA) is 74.4 Å². The van der Waals surface area contributed by atoms with E-state index in [0.29, 0.717) is 13.0 Å². The lowest BCUT2D eigenvalue weighted by Crippen LogP contribution is -2.36. The maximum atomic E-state index is 11.7. The van der Waals surface area contributed by atoms with Crippen molar-refractivity contribution in [2.75, 3.05) is 27.7 Å². The van der Waals surface area contributed by atoms with Crippen LogP contribution in [0.4, 0.5) is 0 Å². The fourth-order valence-electron chi connectivity index (χ4n) is 2.24. The van der Waals surface area contributed by atoms with Crippen molar-refractivity contribution in [3.63, 3.8) is 0 Å². The minimum absolute atomic E-state index is 0.353. The first-order valence-corrected chi connectivity index (χ1v) is 8.11. The van der Waals surface area contributed by atoms with Crippen LogP contribution in [0.15, 0.2) is 18.2 Å². The van der Waals surface area contributed by atoms with Gasteiger partial charge in [-0.05, 0) is 37.1 Å². The molecule has 0 aliphatic heterocycles. The van der Waals surface area contributed by atoms with Crippen molar-refractivity contribution in [2.45, 2.75) is 13.3 Å². The molecule has 7 heteroatoms. The fraction of sp³-hybridized carbons (Fsp3) is 0.429. The van der Waals surface area contributed by atoms with Crippen molar-refractivity contribution < 1.29 is 13.2 Å². The van der Waals surface area contributed by atoms with E-state index in [9.17, 15) is 8.42 Å². The Morgan fingerprint density at radius 1 is 1.33 bits per heavy atom. The molecular formula is C14H21N3O3S. The lowest BCUT2D eigenvalue weighted by Gasteiger charge is -2.12. The number of aromatic amines is 1. The number of fused-ring (bicyclic) bond motifs is 1. The molecule has 6 nitrogen and oxygen atoms in total. The van der Waals surface area contributed by atoms with E-state index in [4.69, 9.17) is 4.74 Å². The molecule has 0 radical (unpaired) electrons. The lowest BCUT2D eigenvalue weighted by molar-refractivity contribution is 0.415. The van der Waals surface area contributed by atoms with Crippen molar-refractivity contribution in [1.82, 2.24) is 14.0 Å². The van der Waals surface area contributed by atoms with Crippen molar-refractivity contribution >= 4 is 21.1 Å². The summed E-state index contributed by atoms with van der Waals surface area (Å²) >= 11 is 0. The molecule has 1 aromatic heterocycles. The van der Waals surface area contributed by atoms with E-state index in [1.165, 1.54) is 14.1 Å². The van der Waals surface area contributed by atoms with Crippen LogP contribution in [-0.4, -0.2) is 45.5 Å². The van der Waals surface area contributed by atoms with Gasteiger partial charge in [0.05, 0.1) is 7.11 Å². The zero-order chi connectivity index (χ0) is 15.6. The van der Waals surface area contributed by atoms with Gasteiger partial charge < -0.3 is 9.72 Å². The van der Waals surface area contributed by atoms with Crippen LogP contribution in [0.25, 0.3) is 10.9 Å².